The lowest BCUT2D eigenvalue weighted by atomic mass is 9.78. The molecule has 0 saturated carbocycles. The monoisotopic (exact) mass is 442 g/mol. The molecule has 0 fully saturated rings. The highest BCUT2D eigenvalue weighted by Crippen LogP contribution is 2.50. The molecule has 0 aliphatic heterocycles. The smallest absolute Gasteiger partial charge is 0.430 e. The van der Waals surface area contributed by atoms with Crippen molar-refractivity contribution in [3.63, 3.8) is 0 Å². The molecule has 1 rings (SSSR count). The standard InChI is InChI=1S/C21H28F6O3/c1-7-13(12-18(5,6)16(28)30-17(2,3)4)14-8-10-15(11-9-14)19(29,20(22,23)24)21(25,26)27/h8-11,13,29H,7,12H2,1-6H3. The number of hydrogen-bond acceptors (Lipinski definition) is 3. The van der Waals surface area contributed by atoms with Gasteiger partial charge < -0.3 is 9.84 Å². The van der Waals surface area contributed by atoms with E-state index in [1.54, 1.807) is 41.5 Å². The summed E-state index contributed by atoms with van der Waals surface area (Å²) in [6.45, 7) is 10.3. The maximum absolute atomic E-state index is 13.0. The van der Waals surface area contributed by atoms with Gasteiger partial charge in [0.25, 0.3) is 5.60 Å². The Morgan fingerprint density at radius 2 is 1.37 bits per heavy atom. The zero-order valence-electron chi connectivity index (χ0n) is 17.8. The summed E-state index contributed by atoms with van der Waals surface area (Å²) in [5.74, 6) is -0.764. The van der Waals surface area contributed by atoms with Crippen molar-refractivity contribution in [3.8, 4) is 0 Å². The fourth-order valence-electron chi connectivity index (χ4n) is 3.10. The summed E-state index contributed by atoms with van der Waals surface area (Å²) < 4.78 is 83.6. The lowest BCUT2D eigenvalue weighted by molar-refractivity contribution is -0.376. The Morgan fingerprint density at radius 3 is 1.70 bits per heavy atom. The number of esters is 1. The number of rotatable bonds is 6. The molecule has 172 valence electrons. The van der Waals surface area contributed by atoms with Gasteiger partial charge in [0.15, 0.2) is 0 Å². The summed E-state index contributed by atoms with van der Waals surface area (Å²) in [7, 11) is 0. The van der Waals surface area contributed by atoms with Crippen LogP contribution in [0.15, 0.2) is 24.3 Å². The van der Waals surface area contributed by atoms with Crippen molar-refractivity contribution in [2.45, 2.75) is 83.9 Å². The van der Waals surface area contributed by atoms with Crippen LogP contribution in [-0.2, 0) is 15.1 Å². The Hall–Kier alpha value is -1.77. The predicted octanol–water partition coefficient (Wildman–Crippen LogP) is 6.25. The van der Waals surface area contributed by atoms with E-state index in [-0.39, 0.29) is 12.3 Å². The molecule has 0 bridgehead atoms. The zero-order chi connectivity index (χ0) is 23.8. The van der Waals surface area contributed by atoms with Gasteiger partial charge in [-0.3, -0.25) is 4.79 Å². The van der Waals surface area contributed by atoms with Gasteiger partial charge in [-0.15, -0.1) is 0 Å². The molecule has 0 aromatic heterocycles. The van der Waals surface area contributed by atoms with Gasteiger partial charge in [0.05, 0.1) is 5.41 Å². The molecule has 1 N–H and O–H groups in total. The van der Waals surface area contributed by atoms with Crippen LogP contribution in [-0.4, -0.2) is 29.0 Å². The van der Waals surface area contributed by atoms with E-state index in [9.17, 15) is 36.2 Å². The van der Waals surface area contributed by atoms with Gasteiger partial charge in [0.2, 0.25) is 0 Å². The highest BCUT2D eigenvalue weighted by atomic mass is 19.4. The first-order chi connectivity index (χ1) is 13.3. The number of halogens is 6. The van der Waals surface area contributed by atoms with E-state index >= 15 is 0 Å². The third kappa shape index (κ3) is 5.68. The SMILES string of the molecule is CCC(CC(C)(C)C(=O)OC(C)(C)C)c1ccc(C(O)(C(F)(F)F)C(F)(F)F)cc1. The molecule has 1 unspecified atom stereocenters. The molecule has 3 nitrogen and oxygen atoms in total. The second kappa shape index (κ2) is 8.40. The second-order valence-corrected chi connectivity index (χ2v) is 9.02. The van der Waals surface area contributed by atoms with Crippen LogP contribution >= 0.6 is 0 Å². The Balaban J connectivity index is 3.20. The molecule has 1 atom stereocenters. The second-order valence-electron chi connectivity index (χ2n) is 9.02. The van der Waals surface area contributed by atoms with Crippen LogP contribution < -0.4 is 0 Å². The first-order valence-electron chi connectivity index (χ1n) is 9.46. The van der Waals surface area contributed by atoms with E-state index in [0.29, 0.717) is 24.1 Å². The first kappa shape index (κ1) is 26.3. The van der Waals surface area contributed by atoms with Crippen LogP contribution in [0.5, 0.6) is 0 Å². The quantitative estimate of drug-likeness (QED) is 0.418. The third-order valence-electron chi connectivity index (χ3n) is 4.82. The van der Waals surface area contributed by atoms with Gasteiger partial charge in [0, 0.05) is 5.56 Å². The molecule has 0 aliphatic rings. The minimum absolute atomic E-state index is 0.278. The summed E-state index contributed by atoms with van der Waals surface area (Å²) in [4.78, 5) is 12.5. The lowest BCUT2D eigenvalue weighted by Crippen LogP contribution is -2.53. The van der Waals surface area contributed by atoms with Crippen molar-refractivity contribution in [3.05, 3.63) is 35.4 Å². The Labute approximate surface area is 172 Å². The van der Waals surface area contributed by atoms with Crippen LogP contribution in [0, 0.1) is 5.41 Å². The molecule has 9 heteroatoms. The van der Waals surface area contributed by atoms with Crippen molar-refractivity contribution >= 4 is 5.97 Å². The molecule has 1 aromatic rings. The average Bonchev–Trinajstić information content (AvgIpc) is 2.55. The van der Waals surface area contributed by atoms with Crippen molar-refractivity contribution in [1.29, 1.82) is 0 Å². The fourth-order valence-corrected chi connectivity index (χ4v) is 3.10. The number of hydrogen-bond donors (Lipinski definition) is 1. The van der Waals surface area contributed by atoms with Crippen LogP contribution in [0.4, 0.5) is 26.3 Å². The zero-order valence-corrected chi connectivity index (χ0v) is 17.8. The van der Waals surface area contributed by atoms with E-state index in [2.05, 4.69) is 0 Å². The van der Waals surface area contributed by atoms with Gasteiger partial charge in [-0.1, -0.05) is 31.2 Å². The van der Waals surface area contributed by atoms with Gasteiger partial charge >= 0.3 is 18.3 Å². The van der Waals surface area contributed by atoms with Gasteiger partial charge in [-0.05, 0) is 58.9 Å². The van der Waals surface area contributed by atoms with E-state index in [0.717, 1.165) is 12.1 Å². The first-order valence-corrected chi connectivity index (χ1v) is 9.46. The highest BCUT2D eigenvalue weighted by Gasteiger charge is 2.71. The Bertz CT molecular complexity index is 713. The molecule has 1 aromatic carbocycles. The topological polar surface area (TPSA) is 46.5 Å². The number of aliphatic hydroxyl groups is 1. The van der Waals surface area contributed by atoms with Crippen molar-refractivity contribution < 1.29 is 41.0 Å². The molecule has 0 spiro atoms. The molecular weight excluding hydrogens is 414 g/mol. The van der Waals surface area contributed by atoms with Gasteiger partial charge in [0.1, 0.15) is 5.60 Å². The fraction of sp³-hybridized carbons (Fsp3) is 0.667. The Kier molecular flexibility index (Phi) is 7.35. The minimum Gasteiger partial charge on any atom is -0.460 e. The maximum atomic E-state index is 13.0. The van der Waals surface area contributed by atoms with Gasteiger partial charge in [-0.2, -0.15) is 26.3 Å². The summed E-state index contributed by atoms with van der Waals surface area (Å²) >= 11 is 0. The molecular formula is C21H28F6O3. The van der Waals surface area contributed by atoms with Crippen molar-refractivity contribution in [1.82, 2.24) is 0 Å². The average molecular weight is 442 g/mol. The molecule has 0 amide bonds. The summed E-state index contributed by atoms with van der Waals surface area (Å²) in [6.07, 6.45) is -11.1. The minimum atomic E-state index is -5.93. The van der Waals surface area contributed by atoms with E-state index in [1.165, 1.54) is 0 Å². The largest absolute Gasteiger partial charge is 0.460 e. The molecule has 0 radical (unpaired) electrons. The van der Waals surface area contributed by atoms with Gasteiger partial charge in [-0.25, -0.2) is 0 Å². The molecule has 30 heavy (non-hydrogen) atoms. The molecule has 0 heterocycles. The van der Waals surface area contributed by atoms with Crippen LogP contribution in [0.3, 0.4) is 0 Å². The summed E-state index contributed by atoms with van der Waals surface area (Å²) in [6, 6.07) is 3.49. The number of ether oxygens (including phenoxy) is 1. The van der Waals surface area contributed by atoms with Crippen LogP contribution in [0.25, 0.3) is 0 Å². The molecule has 0 aliphatic carbocycles. The predicted molar refractivity (Wildman–Crippen MR) is 99.7 cm³/mol. The van der Waals surface area contributed by atoms with Crippen LogP contribution in [0.1, 0.15) is 71.4 Å². The number of benzene rings is 1. The van der Waals surface area contributed by atoms with Crippen LogP contribution in [0.2, 0.25) is 0 Å². The van der Waals surface area contributed by atoms with E-state index in [1.807, 2.05) is 0 Å². The third-order valence-corrected chi connectivity index (χ3v) is 4.82. The maximum Gasteiger partial charge on any atom is 0.430 e. The molecule has 0 saturated heterocycles. The number of alkyl halides is 6. The summed E-state index contributed by atoms with van der Waals surface area (Å²) in [5.41, 5.74) is -7.43. The number of carbonyl (C=O) groups excluding carboxylic acids is 1. The Morgan fingerprint density at radius 1 is 0.933 bits per heavy atom. The summed E-state index contributed by atoms with van der Waals surface area (Å²) in [5, 5.41) is 9.50. The highest BCUT2D eigenvalue weighted by molar-refractivity contribution is 5.76. The number of carbonyl (C=O) groups is 1. The lowest BCUT2D eigenvalue weighted by Gasteiger charge is -2.33. The van der Waals surface area contributed by atoms with E-state index < -0.39 is 40.5 Å². The van der Waals surface area contributed by atoms with Crippen molar-refractivity contribution in [2.24, 2.45) is 5.41 Å². The van der Waals surface area contributed by atoms with Crippen molar-refractivity contribution in [2.75, 3.05) is 0 Å². The normalized spacial score (nSPS) is 15.1. The van der Waals surface area contributed by atoms with E-state index in [4.69, 9.17) is 4.74 Å².